The Hall–Kier alpha value is -1.01. The number of piperazine rings is 1. The van der Waals surface area contributed by atoms with E-state index >= 15 is 0 Å². The first-order chi connectivity index (χ1) is 11.2. The average molecular weight is 389 g/mol. The van der Waals surface area contributed by atoms with Crippen LogP contribution in [0.3, 0.4) is 0 Å². The van der Waals surface area contributed by atoms with E-state index in [1.807, 2.05) is 4.90 Å². The maximum Gasteiger partial charge on any atom is 0.223 e. The predicted octanol–water partition coefficient (Wildman–Crippen LogP) is 1.99. The molecule has 0 aliphatic carbocycles. The van der Waals surface area contributed by atoms with E-state index in [4.69, 9.17) is 5.73 Å². The molecule has 142 valence electrons. The molecule has 1 unspecified atom stereocenters. The smallest absolute Gasteiger partial charge is 0.223 e. The number of rotatable bonds is 4. The summed E-state index contributed by atoms with van der Waals surface area (Å²) < 4.78 is 0. The summed E-state index contributed by atoms with van der Waals surface area (Å²) in [7, 11) is 0. The third-order valence-electron chi connectivity index (χ3n) is 4.95. The molecule has 2 aliphatic heterocycles. The topological polar surface area (TPSA) is 52.8 Å². The Labute approximate surface area is 163 Å². The number of halogens is 2. The van der Waals surface area contributed by atoms with Crippen molar-refractivity contribution in [1.82, 2.24) is 9.80 Å². The van der Waals surface area contributed by atoms with Crippen LogP contribution in [0.2, 0.25) is 0 Å². The van der Waals surface area contributed by atoms with E-state index < -0.39 is 0 Å². The highest BCUT2D eigenvalue weighted by Crippen LogP contribution is 2.16. The molecule has 1 amide bonds. The molecule has 1 aromatic rings. The Bertz CT molecular complexity index is 509. The molecule has 0 spiro atoms. The first-order valence-corrected chi connectivity index (χ1v) is 8.78. The van der Waals surface area contributed by atoms with Crippen LogP contribution in [0.4, 0.5) is 5.69 Å². The van der Waals surface area contributed by atoms with Gasteiger partial charge in [0.15, 0.2) is 0 Å². The number of hydrogen-bond acceptors (Lipinski definition) is 4. The second-order valence-corrected chi connectivity index (χ2v) is 6.66. The summed E-state index contributed by atoms with van der Waals surface area (Å²) in [5.41, 5.74) is 7.26. The number of carbonyl (C=O) groups is 1. The molecular weight excluding hydrogens is 359 g/mol. The van der Waals surface area contributed by atoms with Crippen LogP contribution in [0.25, 0.3) is 0 Å². The van der Waals surface area contributed by atoms with E-state index in [-0.39, 0.29) is 36.8 Å². The summed E-state index contributed by atoms with van der Waals surface area (Å²) >= 11 is 0. The molecular formula is C18H30Cl2N4O. The molecule has 0 radical (unpaired) electrons. The Morgan fingerprint density at radius 3 is 2.36 bits per heavy atom. The van der Waals surface area contributed by atoms with Gasteiger partial charge in [-0.15, -0.1) is 24.8 Å². The van der Waals surface area contributed by atoms with Crippen molar-refractivity contribution >= 4 is 36.4 Å². The number of amides is 1. The number of benzene rings is 1. The normalized spacial score (nSPS) is 21.2. The monoisotopic (exact) mass is 388 g/mol. The fourth-order valence-corrected chi connectivity index (χ4v) is 3.52. The zero-order valence-electron chi connectivity index (χ0n) is 14.7. The van der Waals surface area contributed by atoms with Crippen LogP contribution >= 0.6 is 24.8 Å². The molecule has 2 N–H and O–H groups in total. The second kappa shape index (κ2) is 10.9. The number of piperidine rings is 1. The maximum absolute atomic E-state index is 12.3. The predicted molar refractivity (Wildman–Crippen MR) is 108 cm³/mol. The third kappa shape index (κ3) is 6.33. The zero-order valence-corrected chi connectivity index (χ0v) is 16.3. The standard InChI is InChI=1S/C18H28N4O.2ClH/c19-16-5-4-9-22(15-16)18(23)8-10-20-11-13-21(14-12-20)17-6-2-1-3-7-17;;/h1-3,6-7,16H,4-5,8-15,19H2;2*1H. The summed E-state index contributed by atoms with van der Waals surface area (Å²) in [6.07, 6.45) is 2.71. The molecule has 0 bridgehead atoms. The fraction of sp³-hybridized carbons (Fsp3) is 0.611. The van der Waals surface area contributed by atoms with Crippen molar-refractivity contribution in [3.05, 3.63) is 30.3 Å². The van der Waals surface area contributed by atoms with Crippen molar-refractivity contribution in [3.8, 4) is 0 Å². The van der Waals surface area contributed by atoms with Crippen LogP contribution in [0.15, 0.2) is 30.3 Å². The van der Waals surface area contributed by atoms with Gasteiger partial charge in [-0.05, 0) is 25.0 Å². The molecule has 2 heterocycles. The van der Waals surface area contributed by atoms with E-state index in [9.17, 15) is 4.79 Å². The largest absolute Gasteiger partial charge is 0.369 e. The van der Waals surface area contributed by atoms with E-state index in [0.717, 1.165) is 58.7 Å². The van der Waals surface area contributed by atoms with Crippen molar-refractivity contribution in [3.63, 3.8) is 0 Å². The Kier molecular flexibility index (Phi) is 9.57. The minimum absolute atomic E-state index is 0. The van der Waals surface area contributed by atoms with Crippen molar-refractivity contribution < 1.29 is 4.79 Å². The van der Waals surface area contributed by atoms with Gasteiger partial charge in [0.1, 0.15) is 0 Å². The van der Waals surface area contributed by atoms with Crippen molar-refractivity contribution in [1.29, 1.82) is 0 Å². The molecule has 2 aliphatic rings. The number of anilines is 1. The van der Waals surface area contributed by atoms with Gasteiger partial charge in [-0.2, -0.15) is 0 Å². The number of para-hydroxylation sites is 1. The van der Waals surface area contributed by atoms with Crippen molar-refractivity contribution in [2.45, 2.75) is 25.3 Å². The van der Waals surface area contributed by atoms with Gasteiger partial charge in [-0.3, -0.25) is 9.69 Å². The molecule has 5 nitrogen and oxygen atoms in total. The minimum Gasteiger partial charge on any atom is -0.369 e. The van der Waals surface area contributed by atoms with Gasteiger partial charge in [0, 0.05) is 64.0 Å². The summed E-state index contributed by atoms with van der Waals surface area (Å²) in [5, 5.41) is 0. The van der Waals surface area contributed by atoms with Crippen LogP contribution in [0.5, 0.6) is 0 Å². The van der Waals surface area contributed by atoms with Gasteiger partial charge in [-0.1, -0.05) is 18.2 Å². The molecule has 7 heteroatoms. The Morgan fingerprint density at radius 2 is 1.72 bits per heavy atom. The molecule has 2 saturated heterocycles. The Morgan fingerprint density at radius 1 is 1.04 bits per heavy atom. The van der Waals surface area contributed by atoms with E-state index in [2.05, 4.69) is 40.1 Å². The SMILES string of the molecule is Cl.Cl.NC1CCCN(C(=O)CCN2CCN(c3ccccc3)CC2)C1. The molecule has 2 fully saturated rings. The lowest BCUT2D eigenvalue weighted by Gasteiger charge is -2.36. The van der Waals surface area contributed by atoms with Crippen LogP contribution in [0.1, 0.15) is 19.3 Å². The average Bonchev–Trinajstić information content (AvgIpc) is 2.61. The van der Waals surface area contributed by atoms with E-state index in [1.54, 1.807) is 0 Å². The highest BCUT2D eigenvalue weighted by molar-refractivity contribution is 5.85. The van der Waals surface area contributed by atoms with Gasteiger partial charge >= 0.3 is 0 Å². The van der Waals surface area contributed by atoms with E-state index in [0.29, 0.717) is 6.42 Å². The molecule has 0 aromatic heterocycles. The number of nitrogens with zero attached hydrogens (tertiary/aromatic N) is 3. The zero-order chi connectivity index (χ0) is 16.1. The highest BCUT2D eigenvalue weighted by Gasteiger charge is 2.22. The van der Waals surface area contributed by atoms with Gasteiger partial charge in [0.05, 0.1) is 0 Å². The number of likely N-dealkylation sites (tertiary alicyclic amines) is 1. The molecule has 1 aromatic carbocycles. The summed E-state index contributed by atoms with van der Waals surface area (Å²) in [5.74, 6) is 0.269. The van der Waals surface area contributed by atoms with Crippen LogP contribution in [-0.4, -0.2) is 67.6 Å². The number of carbonyl (C=O) groups excluding carboxylic acids is 1. The first-order valence-electron chi connectivity index (χ1n) is 8.78. The number of hydrogen-bond donors (Lipinski definition) is 1. The minimum atomic E-state index is 0. The van der Waals surface area contributed by atoms with Gasteiger partial charge < -0.3 is 15.5 Å². The quantitative estimate of drug-likeness (QED) is 0.856. The summed E-state index contributed by atoms with van der Waals surface area (Å²) in [4.78, 5) is 19.1. The Balaban J connectivity index is 0.00000156. The molecule has 25 heavy (non-hydrogen) atoms. The lowest BCUT2D eigenvalue weighted by atomic mass is 10.1. The molecule has 1 atom stereocenters. The summed E-state index contributed by atoms with van der Waals surface area (Å²) in [6.45, 7) is 6.62. The van der Waals surface area contributed by atoms with Crippen LogP contribution in [0, 0.1) is 0 Å². The van der Waals surface area contributed by atoms with Crippen LogP contribution in [-0.2, 0) is 4.79 Å². The first kappa shape index (κ1) is 22.0. The number of nitrogens with two attached hydrogens (primary N) is 1. The lowest BCUT2D eigenvalue weighted by Crippen LogP contribution is -2.49. The molecule has 0 saturated carbocycles. The second-order valence-electron chi connectivity index (χ2n) is 6.66. The van der Waals surface area contributed by atoms with E-state index in [1.165, 1.54) is 5.69 Å². The lowest BCUT2D eigenvalue weighted by molar-refractivity contribution is -0.132. The molecule has 3 rings (SSSR count). The van der Waals surface area contributed by atoms with Crippen molar-refractivity contribution in [2.24, 2.45) is 5.73 Å². The van der Waals surface area contributed by atoms with Gasteiger partial charge in [0.25, 0.3) is 0 Å². The van der Waals surface area contributed by atoms with Crippen LogP contribution < -0.4 is 10.6 Å². The highest BCUT2D eigenvalue weighted by atomic mass is 35.5. The van der Waals surface area contributed by atoms with Gasteiger partial charge in [-0.25, -0.2) is 0 Å². The fourth-order valence-electron chi connectivity index (χ4n) is 3.52. The van der Waals surface area contributed by atoms with Gasteiger partial charge in [0.2, 0.25) is 5.91 Å². The third-order valence-corrected chi connectivity index (χ3v) is 4.95. The van der Waals surface area contributed by atoms with Crippen molar-refractivity contribution in [2.75, 3.05) is 50.7 Å². The maximum atomic E-state index is 12.3. The summed E-state index contributed by atoms with van der Waals surface area (Å²) in [6, 6.07) is 10.7.